The molecule has 4 nitrogen and oxygen atoms in total. The number of carbonyl (C=O) groups excluding carboxylic acids is 1. The Hall–Kier alpha value is -1.78. The van der Waals surface area contributed by atoms with Crippen molar-refractivity contribution in [3.63, 3.8) is 0 Å². The molecule has 0 spiro atoms. The van der Waals surface area contributed by atoms with Gasteiger partial charge in [-0.25, -0.2) is 9.18 Å². The van der Waals surface area contributed by atoms with E-state index in [1.54, 1.807) is 32.9 Å². The zero-order valence-electron chi connectivity index (χ0n) is 12.6. The summed E-state index contributed by atoms with van der Waals surface area (Å²) in [5.74, 6) is -0.436. The van der Waals surface area contributed by atoms with Gasteiger partial charge in [0.05, 0.1) is 11.2 Å². The predicted octanol–water partition coefficient (Wildman–Crippen LogP) is 3.77. The third-order valence-electron chi connectivity index (χ3n) is 3.10. The van der Waals surface area contributed by atoms with E-state index in [1.807, 2.05) is 13.8 Å². The monoisotopic (exact) mass is 280 g/mol. The number of fused-ring (bicyclic) bond motifs is 1. The molecule has 1 N–H and O–H groups in total. The fourth-order valence-electron chi connectivity index (χ4n) is 2.22. The van der Waals surface area contributed by atoms with Gasteiger partial charge in [-0.3, -0.25) is 4.90 Å². The van der Waals surface area contributed by atoms with Gasteiger partial charge in [0.1, 0.15) is 17.1 Å². The molecule has 0 radical (unpaired) electrons. The summed E-state index contributed by atoms with van der Waals surface area (Å²) in [5, 5.41) is 3.15. The molecule has 0 aromatic heterocycles. The van der Waals surface area contributed by atoms with Crippen molar-refractivity contribution in [2.45, 2.75) is 45.8 Å². The molecule has 0 saturated carbocycles. The Morgan fingerprint density at radius 3 is 2.65 bits per heavy atom. The van der Waals surface area contributed by atoms with Crippen LogP contribution in [0.2, 0.25) is 0 Å². The molecular formula is C15H21FN2O2. The molecule has 0 atom stereocenters. The zero-order valence-corrected chi connectivity index (χ0v) is 12.6. The highest BCUT2D eigenvalue weighted by atomic mass is 19.1. The number of rotatable bonds is 0. The summed E-state index contributed by atoms with van der Waals surface area (Å²) in [5.41, 5.74) is -0.339. The number of para-hydroxylation sites is 1. The first-order valence-corrected chi connectivity index (χ1v) is 6.67. The molecule has 0 fully saturated rings. The minimum atomic E-state index is -0.622. The van der Waals surface area contributed by atoms with Gasteiger partial charge in [0.25, 0.3) is 0 Å². The summed E-state index contributed by atoms with van der Waals surface area (Å²) in [7, 11) is 0. The Labute approximate surface area is 118 Å². The van der Waals surface area contributed by atoms with Gasteiger partial charge in [-0.15, -0.1) is 0 Å². The van der Waals surface area contributed by atoms with E-state index in [0.29, 0.717) is 12.2 Å². The van der Waals surface area contributed by atoms with Gasteiger partial charge in [-0.05, 0) is 46.8 Å². The molecule has 2 rings (SSSR count). The molecule has 0 unspecified atom stereocenters. The fraction of sp³-hybridized carbons (Fsp3) is 0.533. The molecule has 20 heavy (non-hydrogen) atoms. The molecule has 5 heteroatoms. The second-order valence-corrected chi connectivity index (χ2v) is 6.62. The molecule has 110 valence electrons. The molecule has 0 bridgehead atoms. The normalized spacial score (nSPS) is 17.2. The number of hydrogen-bond acceptors (Lipinski definition) is 3. The van der Waals surface area contributed by atoms with Crippen LogP contribution < -0.4 is 10.2 Å². The van der Waals surface area contributed by atoms with E-state index in [4.69, 9.17) is 4.74 Å². The van der Waals surface area contributed by atoms with Crippen LogP contribution in [0.5, 0.6) is 0 Å². The summed E-state index contributed by atoms with van der Waals surface area (Å²) in [6.45, 7) is 9.66. The standard InChI is InChI=1S/C15H21FN2O2/c1-14(2,3)20-13(19)18-12-10(16)7-6-8-11(12)17-9-15(18,4)5/h6-8,17H,9H2,1-5H3. The van der Waals surface area contributed by atoms with Crippen molar-refractivity contribution < 1.29 is 13.9 Å². The van der Waals surface area contributed by atoms with Gasteiger partial charge in [-0.1, -0.05) is 6.07 Å². The van der Waals surface area contributed by atoms with Gasteiger partial charge in [0.15, 0.2) is 0 Å². The van der Waals surface area contributed by atoms with Crippen LogP contribution in [0.25, 0.3) is 0 Å². The predicted molar refractivity (Wildman–Crippen MR) is 77.7 cm³/mol. The molecule has 1 aliphatic rings. The van der Waals surface area contributed by atoms with Gasteiger partial charge >= 0.3 is 6.09 Å². The van der Waals surface area contributed by atoms with E-state index in [1.165, 1.54) is 11.0 Å². The molecule has 1 heterocycles. The number of anilines is 2. The Morgan fingerprint density at radius 1 is 1.40 bits per heavy atom. The first-order chi connectivity index (χ1) is 9.12. The number of halogens is 1. The van der Waals surface area contributed by atoms with Crippen LogP contribution in [0.1, 0.15) is 34.6 Å². The van der Waals surface area contributed by atoms with E-state index in [2.05, 4.69) is 5.32 Å². The minimum absolute atomic E-state index is 0.248. The number of benzene rings is 1. The lowest BCUT2D eigenvalue weighted by atomic mass is 9.98. The number of hydrogen-bond donors (Lipinski definition) is 1. The van der Waals surface area contributed by atoms with E-state index in [9.17, 15) is 9.18 Å². The van der Waals surface area contributed by atoms with Gasteiger partial charge in [0.2, 0.25) is 0 Å². The first kappa shape index (κ1) is 14.6. The number of nitrogens with zero attached hydrogens (tertiary/aromatic N) is 1. The molecule has 1 aromatic carbocycles. The first-order valence-electron chi connectivity index (χ1n) is 6.67. The van der Waals surface area contributed by atoms with Crippen molar-refractivity contribution in [3.05, 3.63) is 24.0 Å². The van der Waals surface area contributed by atoms with Gasteiger partial charge < -0.3 is 10.1 Å². The van der Waals surface area contributed by atoms with Crippen LogP contribution in [-0.2, 0) is 4.74 Å². The van der Waals surface area contributed by atoms with E-state index in [0.717, 1.165) is 0 Å². The maximum absolute atomic E-state index is 14.2. The van der Waals surface area contributed by atoms with Gasteiger partial charge in [0, 0.05) is 6.54 Å². The van der Waals surface area contributed by atoms with Crippen molar-refractivity contribution in [1.29, 1.82) is 0 Å². The van der Waals surface area contributed by atoms with Crippen molar-refractivity contribution in [2.75, 3.05) is 16.8 Å². The van der Waals surface area contributed by atoms with Crippen LogP contribution in [0.15, 0.2) is 18.2 Å². The van der Waals surface area contributed by atoms with E-state index >= 15 is 0 Å². The number of nitrogens with one attached hydrogen (secondary N) is 1. The van der Waals surface area contributed by atoms with E-state index < -0.39 is 23.1 Å². The lowest BCUT2D eigenvalue weighted by Crippen LogP contribution is -2.56. The molecule has 0 saturated heterocycles. The average molecular weight is 280 g/mol. The third-order valence-corrected chi connectivity index (χ3v) is 3.10. The Morgan fingerprint density at radius 2 is 2.05 bits per heavy atom. The Kier molecular flexibility index (Phi) is 3.40. The number of carbonyl (C=O) groups is 1. The lowest BCUT2D eigenvalue weighted by Gasteiger charge is -2.43. The number of amides is 1. The van der Waals surface area contributed by atoms with Crippen LogP contribution >= 0.6 is 0 Å². The average Bonchev–Trinajstić information content (AvgIpc) is 2.26. The van der Waals surface area contributed by atoms with Crippen molar-refractivity contribution in [1.82, 2.24) is 0 Å². The zero-order chi connectivity index (χ0) is 15.1. The van der Waals surface area contributed by atoms with Crippen LogP contribution in [-0.4, -0.2) is 23.8 Å². The summed E-state index contributed by atoms with van der Waals surface area (Å²) in [6, 6.07) is 4.72. The SMILES string of the molecule is CC(C)(C)OC(=O)N1c2c(F)cccc2NCC1(C)C. The summed E-state index contributed by atoms with van der Waals surface area (Å²) in [4.78, 5) is 13.9. The largest absolute Gasteiger partial charge is 0.443 e. The third kappa shape index (κ3) is 2.71. The fourth-order valence-corrected chi connectivity index (χ4v) is 2.22. The molecule has 0 aliphatic carbocycles. The maximum Gasteiger partial charge on any atom is 0.415 e. The van der Waals surface area contributed by atoms with Crippen LogP contribution in [0.3, 0.4) is 0 Å². The second-order valence-electron chi connectivity index (χ2n) is 6.62. The summed E-state index contributed by atoms with van der Waals surface area (Å²) in [6.07, 6.45) is -0.532. The smallest absolute Gasteiger partial charge is 0.415 e. The quantitative estimate of drug-likeness (QED) is 0.786. The maximum atomic E-state index is 14.2. The lowest BCUT2D eigenvalue weighted by molar-refractivity contribution is 0.0545. The molecular weight excluding hydrogens is 259 g/mol. The second kappa shape index (κ2) is 4.65. The van der Waals surface area contributed by atoms with Crippen LogP contribution in [0.4, 0.5) is 20.6 Å². The van der Waals surface area contributed by atoms with E-state index in [-0.39, 0.29) is 5.69 Å². The van der Waals surface area contributed by atoms with Gasteiger partial charge in [-0.2, -0.15) is 0 Å². The number of ether oxygens (including phenoxy) is 1. The summed E-state index contributed by atoms with van der Waals surface area (Å²) >= 11 is 0. The highest BCUT2D eigenvalue weighted by Gasteiger charge is 2.41. The summed E-state index contributed by atoms with van der Waals surface area (Å²) < 4.78 is 19.6. The van der Waals surface area contributed by atoms with Crippen LogP contribution in [0, 0.1) is 5.82 Å². The molecule has 1 aliphatic heterocycles. The van der Waals surface area contributed by atoms with Crippen molar-refractivity contribution in [3.8, 4) is 0 Å². The Balaban J connectivity index is 2.47. The molecule has 1 aromatic rings. The molecule has 1 amide bonds. The Bertz CT molecular complexity index is 535. The topological polar surface area (TPSA) is 41.6 Å². The minimum Gasteiger partial charge on any atom is -0.443 e. The van der Waals surface area contributed by atoms with Crippen molar-refractivity contribution >= 4 is 17.5 Å². The highest BCUT2D eigenvalue weighted by molar-refractivity contribution is 5.95. The highest BCUT2D eigenvalue weighted by Crippen LogP contribution is 2.38. The van der Waals surface area contributed by atoms with Crippen molar-refractivity contribution in [2.24, 2.45) is 0 Å².